The van der Waals surface area contributed by atoms with Gasteiger partial charge in [-0.05, 0) is 61.4 Å². The number of nitrogens with zero attached hydrogens (tertiary/aromatic N) is 3. The average Bonchev–Trinajstić information content (AvgIpc) is 3.53. The first-order chi connectivity index (χ1) is 15.5. The maximum Gasteiger partial charge on any atom is 0.332 e. The molecular weight excluding hydrogens is 404 g/mol. The van der Waals surface area contributed by atoms with E-state index in [2.05, 4.69) is 18.8 Å². The minimum atomic E-state index is -0.328. The highest BCUT2D eigenvalue weighted by Gasteiger charge is 2.31. The lowest BCUT2D eigenvalue weighted by Gasteiger charge is -2.22. The van der Waals surface area contributed by atoms with Crippen molar-refractivity contribution >= 4 is 21.9 Å². The fraction of sp³-hybridized carbons (Fsp3) is 0.400. The number of imidazole rings is 1. The molecule has 7 heteroatoms. The van der Waals surface area contributed by atoms with Gasteiger partial charge in [0.25, 0.3) is 5.56 Å². The van der Waals surface area contributed by atoms with E-state index in [1.54, 1.807) is 10.6 Å². The highest BCUT2D eigenvalue weighted by atomic mass is 16.3. The predicted molar refractivity (Wildman–Crippen MR) is 125 cm³/mol. The second kappa shape index (κ2) is 8.06. The molecule has 1 aliphatic rings. The summed E-state index contributed by atoms with van der Waals surface area (Å²) in [6.07, 6.45) is 3.35. The fourth-order valence-electron chi connectivity index (χ4n) is 4.46. The van der Waals surface area contributed by atoms with Crippen molar-refractivity contribution in [2.24, 2.45) is 5.92 Å². The van der Waals surface area contributed by atoms with Gasteiger partial charge in [0.1, 0.15) is 5.82 Å². The van der Waals surface area contributed by atoms with Crippen molar-refractivity contribution < 1.29 is 5.11 Å². The summed E-state index contributed by atoms with van der Waals surface area (Å²) in [7, 11) is 0. The van der Waals surface area contributed by atoms with E-state index in [4.69, 9.17) is 4.98 Å². The molecule has 0 saturated heterocycles. The lowest BCUT2D eigenvalue weighted by molar-refractivity contribution is 0.282. The molecule has 0 aliphatic heterocycles. The lowest BCUT2D eigenvalue weighted by Crippen LogP contribution is -2.41. The molecule has 32 heavy (non-hydrogen) atoms. The Morgan fingerprint density at radius 2 is 1.91 bits per heavy atom. The molecule has 1 atom stereocenters. The molecular formula is C25H28N4O3. The first-order valence-electron chi connectivity index (χ1n) is 11.3. The van der Waals surface area contributed by atoms with Gasteiger partial charge in [-0.25, -0.2) is 9.78 Å². The maximum atomic E-state index is 13.7. The normalized spacial score (nSPS) is 15.1. The lowest BCUT2D eigenvalue weighted by atomic mass is 10.0. The van der Waals surface area contributed by atoms with Gasteiger partial charge >= 0.3 is 5.69 Å². The Balaban J connectivity index is 1.76. The van der Waals surface area contributed by atoms with E-state index >= 15 is 0 Å². The van der Waals surface area contributed by atoms with E-state index < -0.39 is 0 Å². The number of rotatable bonds is 7. The Morgan fingerprint density at radius 3 is 2.62 bits per heavy atom. The summed E-state index contributed by atoms with van der Waals surface area (Å²) in [6, 6.07) is 12.7. The molecule has 0 spiro atoms. The second-order valence-electron chi connectivity index (χ2n) is 9.19. The Labute approximate surface area is 185 Å². The molecule has 1 fully saturated rings. The zero-order valence-corrected chi connectivity index (χ0v) is 18.4. The first kappa shape index (κ1) is 20.7. The molecule has 1 unspecified atom stereocenters. The van der Waals surface area contributed by atoms with Gasteiger partial charge in [-0.1, -0.05) is 32.0 Å². The standard InChI is InChI=1S/C25H28N4O3/c1-15(2)7-12-22(23-26-19-11-8-16(14-30)13-20(19)27-23)29-21-6-4-3-5-18(21)24(31)28(25(29)32)17-9-10-17/h3-6,8,11,13,15,17,22,30H,7,9-10,12,14H2,1-2H3,(H,26,27). The van der Waals surface area contributed by atoms with Crippen LogP contribution in [0.5, 0.6) is 0 Å². The minimum absolute atomic E-state index is 0.0145. The zero-order chi connectivity index (χ0) is 22.4. The molecule has 2 heterocycles. The van der Waals surface area contributed by atoms with Gasteiger partial charge in [0.05, 0.1) is 34.6 Å². The van der Waals surface area contributed by atoms with Gasteiger partial charge in [-0.2, -0.15) is 0 Å². The van der Waals surface area contributed by atoms with Crippen molar-refractivity contribution in [1.82, 2.24) is 19.1 Å². The molecule has 1 saturated carbocycles. The van der Waals surface area contributed by atoms with Crippen LogP contribution in [-0.4, -0.2) is 24.2 Å². The largest absolute Gasteiger partial charge is 0.392 e. The topological polar surface area (TPSA) is 92.9 Å². The second-order valence-corrected chi connectivity index (χ2v) is 9.19. The summed E-state index contributed by atoms with van der Waals surface area (Å²) in [5, 5.41) is 10.1. The molecule has 0 radical (unpaired) electrons. The number of para-hydroxylation sites is 1. The van der Waals surface area contributed by atoms with Crippen LogP contribution in [0.15, 0.2) is 52.1 Å². The molecule has 7 nitrogen and oxygen atoms in total. The van der Waals surface area contributed by atoms with Crippen molar-refractivity contribution in [1.29, 1.82) is 0 Å². The fourth-order valence-corrected chi connectivity index (χ4v) is 4.46. The Morgan fingerprint density at radius 1 is 1.12 bits per heavy atom. The SMILES string of the molecule is CC(C)CCC(c1nc2cc(CO)ccc2[nH]1)n1c(=O)n(C2CC2)c(=O)c2ccccc21. The van der Waals surface area contributed by atoms with Gasteiger partial charge in [0.15, 0.2) is 0 Å². The molecule has 2 aromatic carbocycles. The molecule has 2 N–H and O–H groups in total. The van der Waals surface area contributed by atoms with Gasteiger partial charge in [0.2, 0.25) is 0 Å². The number of aliphatic hydroxyl groups excluding tert-OH is 1. The van der Waals surface area contributed by atoms with E-state index in [-0.39, 0.29) is 29.9 Å². The van der Waals surface area contributed by atoms with Crippen molar-refractivity contribution in [3.8, 4) is 0 Å². The predicted octanol–water partition coefficient (Wildman–Crippen LogP) is 3.89. The summed E-state index contributed by atoms with van der Waals surface area (Å²) < 4.78 is 3.21. The van der Waals surface area contributed by atoms with E-state index in [1.165, 1.54) is 4.57 Å². The molecule has 166 valence electrons. The van der Waals surface area contributed by atoms with Crippen LogP contribution in [0.4, 0.5) is 0 Å². The van der Waals surface area contributed by atoms with Gasteiger partial charge in [-0.15, -0.1) is 0 Å². The summed E-state index contributed by atoms with van der Waals surface area (Å²) in [4.78, 5) is 35.1. The van der Waals surface area contributed by atoms with Crippen LogP contribution in [0.3, 0.4) is 0 Å². The quantitative estimate of drug-likeness (QED) is 0.463. The third kappa shape index (κ3) is 3.56. The Bertz CT molecular complexity index is 1410. The summed E-state index contributed by atoms with van der Waals surface area (Å²) in [5.74, 6) is 1.16. The van der Waals surface area contributed by atoms with Crippen LogP contribution in [-0.2, 0) is 6.61 Å². The van der Waals surface area contributed by atoms with E-state index in [0.717, 1.165) is 42.3 Å². The van der Waals surface area contributed by atoms with Gasteiger partial charge in [0, 0.05) is 6.04 Å². The number of hydrogen-bond acceptors (Lipinski definition) is 4. The van der Waals surface area contributed by atoms with Crippen molar-refractivity contribution in [3.63, 3.8) is 0 Å². The molecule has 5 rings (SSSR count). The highest BCUT2D eigenvalue weighted by Crippen LogP contribution is 2.33. The smallest absolute Gasteiger partial charge is 0.332 e. The van der Waals surface area contributed by atoms with Crippen molar-refractivity contribution in [2.45, 2.75) is 58.2 Å². The van der Waals surface area contributed by atoms with Crippen LogP contribution >= 0.6 is 0 Å². The number of nitrogens with one attached hydrogen (secondary N) is 1. The monoisotopic (exact) mass is 432 g/mol. The molecule has 2 aromatic heterocycles. The van der Waals surface area contributed by atoms with E-state index in [9.17, 15) is 14.7 Å². The number of fused-ring (bicyclic) bond motifs is 2. The molecule has 1 aliphatic carbocycles. The van der Waals surface area contributed by atoms with Crippen LogP contribution in [0.2, 0.25) is 0 Å². The first-order valence-corrected chi connectivity index (χ1v) is 11.3. The number of aliphatic hydroxyl groups is 1. The average molecular weight is 433 g/mol. The number of aromatic nitrogens is 4. The third-order valence-electron chi connectivity index (χ3n) is 6.33. The highest BCUT2D eigenvalue weighted by molar-refractivity contribution is 5.79. The van der Waals surface area contributed by atoms with Gasteiger partial charge < -0.3 is 10.1 Å². The number of aromatic amines is 1. The minimum Gasteiger partial charge on any atom is -0.392 e. The number of benzene rings is 2. The molecule has 0 amide bonds. The van der Waals surface area contributed by atoms with Crippen LogP contribution in [0, 0.1) is 5.92 Å². The zero-order valence-electron chi connectivity index (χ0n) is 18.4. The van der Waals surface area contributed by atoms with E-state index in [1.807, 2.05) is 36.4 Å². The van der Waals surface area contributed by atoms with Crippen LogP contribution in [0.25, 0.3) is 21.9 Å². The van der Waals surface area contributed by atoms with Crippen molar-refractivity contribution in [2.75, 3.05) is 0 Å². The number of hydrogen-bond donors (Lipinski definition) is 2. The summed E-state index contributed by atoms with van der Waals surface area (Å²) in [5.41, 5.74) is 2.59. The Kier molecular flexibility index (Phi) is 5.21. The maximum absolute atomic E-state index is 13.7. The van der Waals surface area contributed by atoms with Gasteiger partial charge in [-0.3, -0.25) is 13.9 Å². The van der Waals surface area contributed by atoms with Crippen molar-refractivity contribution in [3.05, 3.63) is 74.7 Å². The number of H-pyrrole nitrogens is 1. The summed E-state index contributed by atoms with van der Waals surface area (Å²) >= 11 is 0. The third-order valence-corrected chi connectivity index (χ3v) is 6.33. The molecule has 4 aromatic rings. The van der Waals surface area contributed by atoms with Crippen LogP contribution < -0.4 is 11.2 Å². The summed E-state index contributed by atoms with van der Waals surface area (Å²) in [6.45, 7) is 4.27. The molecule has 0 bridgehead atoms. The Hall–Kier alpha value is -3.19. The van der Waals surface area contributed by atoms with Crippen LogP contribution in [0.1, 0.15) is 63.0 Å². The van der Waals surface area contributed by atoms with E-state index in [0.29, 0.717) is 22.6 Å².